The van der Waals surface area contributed by atoms with E-state index in [4.69, 9.17) is 14.7 Å². The van der Waals surface area contributed by atoms with Gasteiger partial charge in [-0.25, -0.2) is 9.98 Å². The second kappa shape index (κ2) is 10.7. The summed E-state index contributed by atoms with van der Waals surface area (Å²) in [7, 11) is 8.44. The molecule has 0 unspecified atom stereocenters. The summed E-state index contributed by atoms with van der Waals surface area (Å²) >= 11 is 0. The molecule has 0 atom stereocenters. The molecule has 3 aromatic rings. The second-order valence-electron chi connectivity index (χ2n) is 11.8. The molecule has 0 saturated heterocycles. The average molecular weight is 520 g/mol. The monoisotopic (exact) mass is 519 g/mol. The topological polar surface area (TPSA) is 37.7 Å². The van der Waals surface area contributed by atoms with E-state index in [1.165, 1.54) is 16.8 Å². The van der Waals surface area contributed by atoms with Crippen molar-refractivity contribution in [1.82, 2.24) is 4.98 Å². The Morgan fingerprint density at radius 3 is 2.54 bits per heavy atom. The zero-order valence-electron chi connectivity index (χ0n) is 24.0. The zero-order valence-corrected chi connectivity index (χ0v) is 24.0. The van der Waals surface area contributed by atoms with E-state index in [1.54, 1.807) is 7.11 Å². The predicted octanol–water partition coefficient (Wildman–Crippen LogP) is 7.19. The van der Waals surface area contributed by atoms with Gasteiger partial charge in [0, 0.05) is 53.2 Å². The standard InChI is InChI=1S/C34H39N4O/c1-34(2)30-22-27(25-12-8-7-9-13-25)24-35-33(30)36-32(34)15-10-14-26-18-20-37(19-11-21-38(3,4)5)31-17-16-28(39-6)23-29(26)31/h7-10,12-18,20,22-24H,11,19,21H2,1-6H3/q+1. The molecule has 5 rings (SSSR count). The van der Waals surface area contributed by atoms with Crippen LogP contribution in [0.15, 0.2) is 96.3 Å². The van der Waals surface area contributed by atoms with Crippen LogP contribution in [0.1, 0.15) is 31.4 Å². The first kappa shape index (κ1) is 26.6. The SMILES string of the molecule is COc1ccc2c(c1)C(=CC=CC1=Nc3ncc(-c4ccccc4)cc3C1(C)C)C=CN2CCC[N+](C)(C)C. The van der Waals surface area contributed by atoms with Crippen LogP contribution in [0.2, 0.25) is 0 Å². The number of nitrogens with zero attached hydrogens (tertiary/aromatic N) is 4. The summed E-state index contributed by atoms with van der Waals surface area (Å²) in [6.45, 7) is 6.56. The fourth-order valence-electron chi connectivity index (χ4n) is 5.20. The zero-order chi connectivity index (χ0) is 27.6. The van der Waals surface area contributed by atoms with E-state index in [9.17, 15) is 0 Å². The molecule has 0 N–H and O–H groups in total. The van der Waals surface area contributed by atoms with Crippen molar-refractivity contribution >= 4 is 22.8 Å². The van der Waals surface area contributed by atoms with E-state index in [-0.39, 0.29) is 5.41 Å². The van der Waals surface area contributed by atoms with Crippen LogP contribution in [0.5, 0.6) is 5.75 Å². The number of aromatic nitrogens is 1. The van der Waals surface area contributed by atoms with Crippen LogP contribution in [-0.2, 0) is 5.41 Å². The molecule has 0 spiro atoms. The number of ether oxygens (including phenoxy) is 1. The molecule has 39 heavy (non-hydrogen) atoms. The number of hydrogen-bond donors (Lipinski definition) is 0. The van der Waals surface area contributed by atoms with Gasteiger partial charge in [-0.1, -0.05) is 56.3 Å². The van der Waals surface area contributed by atoms with Crippen molar-refractivity contribution in [3.63, 3.8) is 0 Å². The first-order valence-corrected chi connectivity index (χ1v) is 13.6. The number of allylic oxidation sites excluding steroid dienone is 5. The van der Waals surface area contributed by atoms with Gasteiger partial charge in [0.05, 0.1) is 40.5 Å². The van der Waals surface area contributed by atoms with Crippen molar-refractivity contribution < 1.29 is 9.22 Å². The van der Waals surface area contributed by atoms with Gasteiger partial charge in [-0.05, 0) is 47.6 Å². The molecule has 0 fully saturated rings. The summed E-state index contributed by atoms with van der Waals surface area (Å²) in [4.78, 5) is 12.0. The van der Waals surface area contributed by atoms with Crippen LogP contribution < -0.4 is 9.64 Å². The number of quaternary nitrogens is 1. The Hall–Kier alpha value is -3.96. The molecule has 1 aromatic heterocycles. The number of benzene rings is 2. The van der Waals surface area contributed by atoms with Crippen molar-refractivity contribution in [2.75, 3.05) is 46.2 Å². The minimum Gasteiger partial charge on any atom is -0.497 e. The predicted molar refractivity (Wildman–Crippen MR) is 164 cm³/mol. The molecule has 0 saturated carbocycles. The molecule has 2 aromatic carbocycles. The molecule has 0 bridgehead atoms. The van der Waals surface area contributed by atoms with Gasteiger partial charge < -0.3 is 14.1 Å². The van der Waals surface area contributed by atoms with Gasteiger partial charge in [0.1, 0.15) is 5.75 Å². The first-order chi connectivity index (χ1) is 18.7. The smallest absolute Gasteiger partial charge is 0.156 e. The molecule has 0 radical (unpaired) electrons. The summed E-state index contributed by atoms with van der Waals surface area (Å²) in [6.07, 6.45) is 13.8. The molecule has 0 aliphatic carbocycles. The van der Waals surface area contributed by atoms with Crippen LogP contribution >= 0.6 is 0 Å². The fraction of sp³-hybridized carbons (Fsp3) is 0.294. The van der Waals surface area contributed by atoms with Gasteiger partial charge in [0.25, 0.3) is 0 Å². The van der Waals surface area contributed by atoms with Crippen molar-refractivity contribution in [1.29, 1.82) is 0 Å². The molecule has 3 heterocycles. The highest BCUT2D eigenvalue weighted by atomic mass is 16.5. The van der Waals surface area contributed by atoms with Crippen molar-refractivity contribution in [2.45, 2.75) is 25.7 Å². The summed E-state index contributed by atoms with van der Waals surface area (Å²) in [5.41, 5.74) is 7.78. The first-order valence-electron chi connectivity index (χ1n) is 13.6. The van der Waals surface area contributed by atoms with Gasteiger partial charge in [-0.2, -0.15) is 0 Å². The number of rotatable bonds is 8. The number of methoxy groups -OCH3 is 1. The van der Waals surface area contributed by atoms with Gasteiger partial charge in [-0.3, -0.25) is 0 Å². The lowest BCUT2D eigenvalue weighted by atomic mass is 9.81. The summed E-state index contributed by atoms with van der Waals surface area (Å²) in [5.74, 6) is 1.67. The van der Waals surface area contributed by atoms with Crippen molar-refractivity contribution in [2.24, 2.45) is 4.99 Å². The minimum absolute atomic E-state index is 0.228. The van der Waals surface area contributed by atoms with Crippen LogP contribution in [0.25, 0.3) is 16.7 Å². The Bertz CT molecular complexity index is 1470. The lowest BCUT2D eigenvalue weighted by Crippen LogP contribution is -2.37. The molecular formula is C34H39N4O+. The lowest BCUT2D eigenvalue weighted by molar-refractivity contribution is -0.870. The fourth-order valence-corrected chi connectivity index (χ4v) is 5.20. The van der Waals surface area contributed by atoms with E-state index in [2.05, 4.69) is 113 Å². The number of fused-ring (bicyclic) bond motifs is 2. The van der Waals surface area contributed by atoms with Gasteiger partial charge in [0.15, 0.2) is 5.82 Å². The maximum atomic E-state index is 5.56. The number of aliphatic imine (C=N–C) groups is 1. The van der Waals surface area contributed by atoms with E-state index < -0.39 is 0 Å². The maximum absolute atomic E-state index is 5.56. The van der Waals surface area contributed by atoms with Crippen LogP contribution in [0.3, 0.4) is 0 Å². The Labute approximate surface area is 233 Å². The molecule has 0 amide bonds. The largest absolute Gasteiger partial charge is 0.497 e. The van der Waals surface area contributed by atoms with Crippen LogP contribution in [0.4, 0.5) is 11.5 Å². The van der Waals surface area contributed by atoms with Gasteiger partial charge in [0.2, 0.25) is 0 Å². The molecule has 200 valence electrons. The molecular weight excluding hydrogens is 480 g/mol. The summed E-state index contributed by atoms with van der Waals surface area (Å²) < 4.78 is 6.53. The van der Waals surface area contributed by atoms with E-state index in [0.717, 1.165) is 58.0 Å². The van der Waals surface area contributed by atoms with Crippen LogP contribution in [-0.4, -0.2) is 56.5 Å². The minimum atomic E-state index is -0.228. The number of pyridine rings is 1. The molecule has 5 heteroatoms. The third kappa shape index (κ3) is 5.74. The Balaban J connectivity index is 1.38. The Morgan fingerprint density at radius 2 is 1.79 bits per heavy atom. The highest BCUT2D eigenvalue weighted by Crippen LogP contribution is 2.41. The van der Waals surface area contributed by atoms with E-state index >= 15 is 0 Å². The highest BCUT2D eigenvalue weighted by Gasteiger charge is 2.34. The average Bonchev–Trinajstić information content (AvgIpc) is 3.18. The third-order valence-corrected chi connectivity index (χ3v) is 7.53. The molecule has 2 aliphatic rings. The van der Waals surface area contributed by atoms with E-state index in [1.807, 2.05) is 18.3 Å². The van der Waals surface area contributed by atoms with Crippen LogP contribution in [0, 0.1) is 0 Å². The van der Waals surface area contributed by atoms with E-state index in [0.29, 0.717) is 0 Å². The Morgan fingerprint density at radius 1 is 1.00 bits per heavy atom. The summed E-state index contributed by atoms with van der Waals surface area (Å²) in [5, 5.41) is 0. The Kier molecular flexibility index (Phi) is 7.28. The van der Waals surface area contributed by atoms with Crippen molar-refractivity contribution in [3.8, 4) is 16.9 Å². The van der Waals surface area contributed by atoms with Crippen molar-refractivity contribution in [3.05, 3.63) is 102 Å². The molecule has 2 aliphatic heterocycles. The summed E-state index contributed by atoms with van der Waals surface area (Å²) in [6, 6.07) is 19.0. The highest BCUT2D eigenvalue weighted by molar-refractivity contribution is 6.08. The number of anilines is 1. The quantitative estimate of drug-likeness (QED) is 0.296. The second-order valence-corrected chi connectivity index (χ2v) is 11.8. The maximum Gasteiger partial charge on any atom is 0.156 e. The van der Waals surface area contributed by atoms with Gasteiger partial charge in [-0.15, -0.1) is 0 Å². The number of hydrogen-bond acceptors (Lipinski definition) is 4. The lowest BCUT2D eigenvalue weighted by Gasteiger charge is -2.30. The molecule has 5 nitrogen and oxygen atoms in total. The van der Waals surface area contributed by atoms with Gasteiger partial charge >= 0.3 is 0 Å². The third-order valence-electron chi connectivity index (χ3n) is 7.53. The normalized spacial score (nSPS) is 16.9.